The molecule has 5 rings (SSSR count). The van der Waals surface area contributed by atoms with Crippen molar-refractivity contribution in [1.29, 1.82) is 0 Å². The minimum Gasteiger partial charge on any atom is -0.396 e. The Bertz CT molecular complexity index is 560. The summed E-state index contributed by atoms with van der Waals surface area (Å²) in [6.45, 7) is 7.89. The van der Waals surface area contributed by atoms with Crippen LogP contribution in [0.15, 0.2) is 0 Å². The summed E-state index contributed by atoms with van der Waals surface area (Å²) in [4.78, 5) is 0. The van der Waals surface area contributed by atoms with E-state index in [0.29, 0.717) is 34.9 Å². The summed E-state index contributed by atoms with van der Waals surface area (Å²) in [5.41, 5.74) is 1.56. The van der Waals surface area contributed by atoms with E-state index < -0.39 is 0 Å². The second-order valence-corrected chi connectivity index (χ2v) is 11.1. The van der Waals surface area contributed by atoms with Crippen molar-refractivity contribution >= 4 is 0 Å². The Labute approximate surface area is 154 Å². The molecule has 0 saturated heterocycles. The van der Waals surface area contributed by atoms with Gasteiger partial charge in [0, 0.05) is 19.1 Å². The van der Waals surface area contributed by atoms with Gasteiger partial charge in [-0.1, -0.05) is 20.8 Å². The topological polar surface area (TPSA) is 29.5 Å². The van der Waals surface area contributed by atoms with Crippen LogP contribution >= 0.6 is 0 Å². The van der Waals surface area contributed by atoms with Crippen LogP contribution in [0.2, 0.25) is 0 Å². The number of aliphatic hydroxyl groups is 1. The average Bonchev–Trinajstić information content (AvgIpc) is 3.12. The van der Waals surface area contributed by atoms with Crippen molar-refractivity contribution in [2.24, 2.45) is 51.8 Å². The van der Waals surface area contributed by atoms with E-state index in [9.17, 15) is 5.11 Å². The number of fused-ring (bicyclic) bond motifs is 4. The lowest BCUT2D eigenvalue weighted by atomic mass is 9.45. The zero-order chi connectivity index (χ0) is 17.6. The molecule has 10 atom stereocenters. The molecule has 142 valence electrons. The Morgan fingerprint density at radius 1 is 1.08 bits per heavy atom. The van der Waals surface area contributed by atoms with E-state index in [4.69, 9.17) is 4.74 Å². The number of rotatable bonds is 3. The molecule has 1 unspecified atom stereocenters. The summed E-state index contributed by atoms with van der Waals surface area (Å²) in [7, 11) is 1.99. The molecular formula is C23H38O2. The molecule has 5 aliphatic carbocycles. The average molecular weight is 347 g/mol. The fourth-order valence-corrected chi connectivity index (χ4v) is 9.68. The quantitative estimate of drug-likeness (QED) is 0.787. The molecule has 5 fully saturated rings. The van der Waals surface area contributed by atoms with Crippen molar-refractivity contribution in [2.45, 2.75) is 78.2 Å². The largest absolute Gasteiger partial charge is 0.396 e. The zero-order valence-corrected chi connectivity index (χ0v) is 16.8. The van der Waals surface area contributed by atoms with Gasteiger partial charge in [0.15, 0.2) is 0 Å². The van der Waals surface area contributed by atoms with Crippen LogP contribution in [0, 0.1) is 51.8 Å². The van der Waals surface area contributed by atoms with E-state index in [1.807, 2.05) is 7.11 Å². The highest BCUT2D eigenvalue weighted by Gasteiger charge is 2.77. The van der Waals surface area contributed by atoms with Gasteiger partial charge in [0.05, 0.1) is 6.10 Å². The normalized spacial score (nSPS) is 60.4. The van der Waals surface area contributed by atoms with Crippen molar-refractivity contribution < 1.29 is 9.84 Å². The number of ether oxygens (including phenoxy) is 1. The van der Waals surface area contributed by atoms with Gasteiger partial charge in [-0.05, 0) is 97.7 Å². The van der Waals surface area contributed by atoms with E-state index in [1.54, 1.807) is 0 Å². The summed E-state index contributed by atoms with van der Waals surface area (Å²) in [6.07, 6.45) is 11.8. The van der Waals surface area contributed by atoms with Gasteiger partial charge in [0.2, 0.25) is 0 Å². The second kappa shape index (κ2) is 5.25. The first-order valence-electron chi connectivity index (χ1n) is 11.1. The molecule has 5 aliphatic rings. The van der Waals surface area contributed by atoms with Crippen molar-refractivity contribution in [1.82, 2.24) is 0 Å². The Hall–Kier alpha value is -0.0800. The highest BCUT2D eigenvalue weighted by Crippen LogP contribution is 2.82. The summed E-state index contributed by atoms with van der Waals surface area (Å²) in [6, 6.07) is 0. The lowest BCUT2D eigenvalue weighted by Crippen LogP contribution is -2.57. The lowest BCUT2D eigenvalue weighted by molar-refractivity contribution is -0.161. The number of hydrogen-bond acceptors (Lipinski definition) is 2. The Balaban J connectivity index is 1.49. The molecule has 1 spiro atoms. The summed E-state index contributed by atoms with van der Waals surface area (Å²) in [5, 5.41) is 9.80. The summed E-state index contributed by atoms with van der Waals surface area (Å²) in [5.74, 6) is 4.85. The van der Waals surface area contributed by atoms with Crippen LogP contribution in [0.4, 0.5) is 0 Å². The van der Waals surface area contributed by atoms with Gasteiger partial charge in [-0.3, -0.25) is 0 Å². The highest BCUT2D eigenvalue weighted by atomic mass is 16.5. The van der Waals surface area contributed by atoms with Crippen molar-refractivity contribution in [3.63, 3.8) is 0 Å². The van der Waals surface area contributed by atoms with Gasteiger partial charge in [-0.15, -0.1) is 0 Å². The monoisotopic (exact) mass is 346 g/mol. The van der Waals surface area contributed by atoms with Crippen molar-refractivity contribution in [3.05, 3.63) is 0 Å². The Kier molecular flexibility index (Phi) is 3.58. The van der Waals surface area contributed by atoms with Crippen LogP contribution in [-0.4, -0.2) is 24.9 Å². The summed E-state index contributed by atoms with van der Waals surface area (Å²) >= 11 is 0. The van der Waals surface area contributed by atoms with Gasteiger partial charge in [-0.25, -0.2) is 0 Å². The molecule has 5 saturated carbocycles. The minimum absolute atomic E-state index is 0.365. The molecule has 1 N–H and O–H groups in total. The first kappa shape index (κ1) is 17.0. The maximum absolute atomic E-state index is 9.80. The Morgan fingerprint density at radius 3 is 2.56 bits per heavy atom. The minimum atomic E-state index is 0.365. The molecule has 0 aliphatic heterocycles. The van der Waals surface area contributed by atoms with E-state index in [1.165, 1.54) is 51.4 Å². The number of hydrogen-bond donors (Lipinski definition) is 1. The molecule has 2 nitrogen and oxygen atoms in total. The van der Waals surface area contributed by atoms with Gasteiger partial charge in [0.25, 0.3) is 0 Å². The molecular weight excluding hydrogens is 308 g/mol. The smallest absolute Gasteiger partial charge is 0.0638 e. The van der Waals surface area contributed by atoms with E-state index in [0.717, 1.165) is 29.6 Å². The van der Waals surface area contributed by atoms with E-state index in [2.05, 4.69) is 20.8 Å². The van der Waals surface area contributed by atoms with Crippen LogP contribution < -0.4 is 0 Å². The van der Waals surface area contributed by atoms with Crippen molar-refractivity contribution in [2.75, 3.05) is 13.7 Å². The van der Waals surface area contributed by atoms with Gasteiger partial charge < -0.3 is 9.84 Å². The van der Waals surface area contributed by atoms with Gasteiger partial charge in [0.1, 0.15) is 0 Å². The van der Waals surface area contributed by atoms with Crippen LogP contribution in [0.25, 0.3) is 0 Å². The molecule has 0 heterocycles. The maximum atomic E-state index is 9.80. The van der Waals surface area contributed by atoms with Crippen LogP contribution in [0.3, 0.4) is 0 Å². The lowest BCUT2D eigenvalue weighted by Gasteiger charge is -2.61. The molecule has 0 radical (unpaired) electrons. The predicted octanol–water partition coefficient (Wildman–Crippen LogP) is 4.90. The predicted molar refractivity (Wildman–Crippen MR) is 100 cm³/mol. The fourth-order valence-electron chi connectivity index (χ4n) is 9.68. The molecule has 0 bridgehead atoms. The van der Waals surface area contributed by atoms with Crippen LogP contribution in [0.1, 0.15) is 72.1 Å². The summed E-state index contributed by atoms with van der Waals surface area (Å²) < 4.78 is 6.20. The third kappa shape index (κ3) is 1.85. The first-order chi connectivity index (χ1) is 11.9. The molecule has 2 heteroatoms. The maximum Gasteiger partial charge on any atom is 0.0638 e. The standard InChI is InChI=1S/C23H38O2/c1-14(13-24)17-5-6-18-16-11-20(25-4)23-12-15(23)7-10-22(23,3)19(16)8-9-21(17,18)2/h14-20,24H,5-13H2,1-4H3/t14?,15-,16-,17+,18-,19-,20+,21+,22+,23-/m0/s1. The molecule has 25 heavy (non-hydrogen) atoms. The molecule has 0 aromatic rings. The zero-order valence-electron chi connectivity index (χ0n) is 16.8. The van der Waals surface area contributed by atoms with Crippen LogP contribution in [0.5, 0.6) is 0 Å². The molecule has 0 aromatic carbocycles. The third-order valence-corrected chi connectivity index (χ3v) is 10.9. The third-order valence-electron chi connectivity index (χ3n) is 10.9. The van der Waals surface area contributed by atoms with Gasteiger partial charge in [-0.2, -0.15) is 0 Å². The SMILES string of the molecule is CO[C@@H]1C[C@H]2[C@@H]3CC[C@H](C(C)CO)[C@@]3(C)CC[C@@H]2[C@@]2(C)CC[C@H]3C[C@]312. The molecule has 0 amide bonds. The fraction of sp³-hybridized carbons (Fsp3) is 1.00. The molecule has 0 aromatic heterocycles. The second-order valence-electron chi connectivity index (χ2n) is 11.1. The first-order valence-corrected chi connectivity index (χ1v) is 11.1. The Morgan fingerprint density at radius 2 is 1.88 bits per heavy atom. The van der Waals surface area contributed by atoms with E-state index >= 15 is 0 Å². The highest BCUT2D eigenvalue weighted by molar-refractivity contribution is 5.26. The van der Waals surface area contributed by atoms with Crippen LogP contribution in [-0.2, 0) is 4.74 Å². The van der Waals surface area contributed by atoms with E-state index in [-0.39, 0.29) is 0 Å². The van der Waals surface area contributed by atoms with Crippen molar-refractivity contribution in [3.8, 4) is 0 Å². The van der Waals surface area contributed by atoms with Gasteiger partial charge >= 0.3 is 0 Å². The number of methoxy groups -OCH3 is 1. The number of aliphatic hydroxyl groups excluding tert-OH is 1.